The zero-order valence-corrected chi connectivity index (χ0v) is 10.2. The summed E-state index contributed by atoms with van der Waals surface area (Å²) >= 11 is 0. The van der Waals surface area contributed by atoms with Gasteiger partial charge in [-0.05, 0) is 25.8 Å². The van der Waals surface area contributed by atoms with Gasteiger partial charge in [-0.2, -0.15) is 0 Å². The summed E-state index contributed by atoms with van der Waals surface area (Å²) in [6.45, 7) is 4.50. The van der Waals surface area contributed by atoms with Crippen LogP contribution in [0.4, 0.5) is 0 Å². The third-order valence-electron chi connectivity index (χ3n) is 3.75. The number of carbonyl (C=O) groups is 1. The van der Waals surface area contributed by atoms with Crippen LogP contribution in [0.5, 0.6) is 0 Å². The molecule has 2 saturated heterocycles. The molecule has 2 bridgehead atoms. The monoisotopic (exact) mass is 226 g/mol. The van der Waals surface area contributed by atoms with Gasteiger partial charge in [0.2, 0.25) is 5.91 Å². The van der Waals surface area contributed by atoms with Crippen molar-refractivity contribution in [3.8, 4) is 0 Å². The van der Waals surface area contributed by atoms with Crippen molar-refractivity contribution in [3.05, 3.63) is 0 Å². The zero-order chi connectivity index (χ0) is 11.5. The minimum Gasteiger partial charge on any atom is -0.384 e. The first-order valence-electron chi connectivity index (χ1n) is 6.26. The second-order valence-electron chi connectivity index (χ2n) is 4.98. The van der Waals surface area contributed by atoms with Crippen LogP contribution in [0.3, 0.4) is 0 Å². The SMILES string of the molecule is COCC(C)C(=O)N1C2CCNCC1CC2. The minimum atomic E-state index is -0.00815. The van der Waals surface area contributed by atoms with Crippen LogP contribution in [0, 0.1) is 5.92 Å². The molecule has 4 nitrogen and oxygen atoms in total. The number of rotatable bonds is 3. The summed E-state index contributed by atoms with van der Waals surface area (Å²) in [4.78, 5) is 14.4. The van der Waals surface area contributed by atoms with Crippen molar-refractivity contribution in [2.24, 2.45) is 5.92 Å². The molecule has 0 spiro atoms. The number of ether oxygens (including phenoxy) is 1. The number of amides is 1. The summed E-state index contributed by atoms with van der Waals surface area (Å²) in [6, 6.07) is 0.881. The van der Waals surface area contributed by atoms with E-state index >= 15 is 0 Å². The molecule has 0 aromatic heterocycles. The lowest BCUT2D eigenvalue weighted by Gasteiger charge is -2.30. The number of hydrogen-bond donors (Lipinski definition) is 1. The molecule has 92 valence electrons. The van der Waals surface area contributed by atoms with Gasteiger partial charge in [-0.15, -0.1) is 0 Å². The van der Waals surface area contributed by atoms with Gasteiger partial charge in [0, 0.05) is 25.7 Å². The molecule has 16 heavy (non-hydrogen) atoms. The Morgan fingerprint density at radius 1 is 1.44 bits per heavy atom. The third-order valence-corrected chi connectivity index (χ3v) is 3.75. The summed E-state index contributed by atoms with van der Waals surface area (Å²) in [5, 5.41) is 3.41. The number of carbonyl (C=O) groups excluding carboxylic acids is 1. The van der Waals surface area contributed by atoms with E-state index in [1.165, 1.54) is 6.42 Å². The molecule has 3 unspecified atom stereocenters. The lowest BCUT2D eigenvalue weighted by atomic mass is 10.1. The summed E-state index contributed by atoms with van der Waals surface area (Å²) in [7, 11) is 1.66. The van der Waals surface area contributed by atoms with E-state index in [0.717, 1.165) is 25.9 Å². The fraction of sp³-hybridized carbons (Fsp3) is 0.917. The van der Waals surface area contributed by atoms with E-state index in [0.29, 0.717) is 18.7 Å². The molecule has 0 aliphatic carbocycles. The highest BCUT2D eigenvalue weighted by molar-refractivity contribution is 5.79. The Morgan fingerprint density at radius 3 is 2.94 bits per heavy atom. The molecule has 0 aromatic carbocycles. The van der Waals surface area contributed by atoms with Gasteiger partial charge in [0.25, 0.3) is 0 Å². The van der Waals surface area contributed by atoms with Crippen molar-refractivity contribution < 1.29 is 9.53 Å². The molecule has 4 heteroatoms. The Hall–Kier alpha value is -0.610. The molecule has 0 radical (unpaired) electrons. The highest BCUT2D eigenvalue weighted by Crippen LogP contribution is 2.29. The average Bonchev–Trinajstić information content (AvgIpc) is 2.51. The Balaban J connectivity index is 2.04. The lowest BCUT2D eigenvalue weighted by Crippen LogP contribution is -2.45. The van der Waals surface area contributed by atoms with Gasteiger partial charge in [0.05, 0.1) is 12.5 Å². The van der Waals surface area contributed by atoms with Crippen LogP contribution in [0.2, 0.25) is 0 Å². The standard InChI is InChI=1S/C12H22N2O2/c1-9(8-16-2)12(15)14-10-3-4-11(14)7-13-6-5-10/h9-11,13H,3-8H2,1-2H3. The van der Waals surface area contributed by atoms with E-state index in [1.807, 2.05) is 6.92 Å². The van der Waals surface area contributed by atoms with Crippen molar-refractivity contribution in [1.82, 2.24) is 10.2 Å². The number of hydrogen-bond acceptors (Lipinski definition) is 3. The van der Waals surface area contributed by atoms with Crippen LogP contribution < -0.4 is 5.32 Å². The maximum absolute atomic E-state index is 12.3. The van der Waals surface area contributed by atoms with Gasteiger partial charge in [0.15, 0.2) is 0 Å². The molecular formula is C12H22N2O2. The first-order valence-corrected chi connectivity index (χ1v) is 6.26. The molecule has 2 fully saturated rings. The van der Waals surface area contributed by atoms with Crippen LogP contribution in [0.25, 0.3) is 0 Å². The highest BCUT2D eigenvalue weighted by Gasteiger charge is 2.39. The van der Waals surface area contributed by atoms with Crippen molar-refractivity contribution in [1.29, 1.82) is 0 Å². The lowest BCUT2D eigenvalue weighted by molar-refractivity contribution is -0.139. The summed E-state index contributed by atoms with van der Waals surface area (Å²) < 4.78 is 5.07. The van der Waals surface area contributed by atoms with Gasteiger partial charge in [-0.1, -0.05) is 6.92 Å². The smallest absolute Gasteiger partial charge is 0.228 e. The van der Waals surface area contributed by atoms with Gasteiger partial charge in [0.1, 0.15) is 0 Å². The molecule has 3 atom stereocenters. The van der Waals surface area contributed by atoms with E-state index in [1.54, 1.807) is 7.11 Å². The second kappa shape index (κ2) is 5.15. The quantitative estimate of drug-likeness (QED) is 0.767. The number of nitrogens with zero attached hydrogens (tertiary/aromatic N) is 1. The van der Waals surface area contributed by atoms with E-state index < -0.39 is 0 Å². The van der Waals surface area contributed by atoms with Gasteiger partial charge in [-0.25, -0.2) is 0 Å². The Kier molecular flexibility index (Phi) is 3.82. The molecular weight excluding hydrogens is 204 g/mol. The van der Waals surface area contributed by atoms with Crippen LogP contribution in [-0.4, -0.2) is 49.7 Å². The van der Waals surface area contributed by atoms with Crippen molar-refractivity contribution >= 4 is 5.91 Å². The van der Waals surface area contributed by atoms with Crippen molar-refractivity contribution in [2.45, 2.75) is 38.3 Å². The van der Waals surface area contributed by atoms with Gasteiger partial charge in [-0.3, -0.25) is 4.79 Å². The fourth-order valence-electron chi connectivity index (χ4n) is 2.92. The Bertz CT molecular complexity index is 243. The number of methoxy groups -OCH3 is 1. The largest absolute Gasteiger partial charge is 0.384 e. The molecule has 2 rings (SSSR count). The third kappa shape index (κ3) is 2.23. The highest BCUT2D eigenvalue weighted by atomic mass is 16.5. The number of fused-ring (bicyclic) bond motifs is 2. The first-order chi connectivity index (χ1) is 7.74. The summed E-state index contributed by atoms with van der Waals surface area (Å²) in [5.41, 5.74) is 0. The second-order valence-corrected chi connectivity index (χ2v) is 4.98. The van der Waals surface area contributed by atoms with Crippen molar-refractivity contribution in [2.75, 3.05) is 26.8 Å². The molecule has 0 aromatic rings. The maximum atomic E-state index is 12.3. The van der Waals surface area contributed by atoms with Crippen LogP contribution in [0.1, 0.15) is 26.2 Å². The van der Waals surface area contributed by atoms with E-state index in [4.69, 9.17) is 4.74 Å². The van der Waals surface area contributed by atoms with Crippen LogP contribution in [0.15, 0.2) is 0 Å². The van der Waals surface area contributed by atoms with Crippen LogP contribution >= 0.6 is 0 Å². The molecule has 1 N–H and O–H groups in total. The molecule has 1 amide bonds. The Morgan fingerprint density at radius 2 is 2.19 bits per heavy atom. The average molecular weight is 226 g/mol. The summed E-state index contributed by atoms with van der Waals surface area (Å²) in [5.74, 6) is 0.268. The molecule has 2 aliphatic heterocycles. The first kappa shape index (κ1) is 11.9. The zero-order valence-electron chi connectivity index (χ0n) is 10.2. The van der Waals surface area contributed by atoms with E-state index in [-0.39, 0.29) is 11.8 Å². The van der Waals surface area contributed by atoms with Gasteiger partial charge >= 0.3 is 0 Å². The Labute approximate surface area is 97.3 Å². The number of nitrogens with one attached hydrogen (secondary N) is 1. The predicted octanol–water partition coefficient (Wildman–Crippen LogP) is 0.622. The van der Waals surface area contributed by atoms with E-state index in [9.17, 15) is 4.79 Å². The molecule has 0 saturated carbocycles. The van der Waals surface area contributed by atoms with Crippen molar-refractivity contribution in [3.63, 3.8) is 0 Å². The maximum Gasteiger partial charge on any atom is 0.228 e. The summed E-state index contributed by atoms with van der Waals surface area (Å²) in [6.07, 6.45) is 3.43. The van der Waals surface area contributed by atoms with Crippen LogP contribution in [-0.2, 0) is 9.53 Å². The minimum absolute atomic E-state index is 0.00815. The van der Waals surface area contributed by atoms with E-state index in [2.05, 4.69) is 10.2 Å². The fourth-order valence-corrected chi connectivity index (χ4v) is 2.92. The van der Waals surface area contributed by atoms with Gasteiger partial charge < -0.3 is 15.0 Å². The predicted molar refractivity (Wildman–Crippen MR) is 62.2 cm³/mol. The topological polar surface area (TPSA) is 41.6 Å². The normalized spacial score (nSPS) is 31.2. The molecule has 2 aliphatic rings. The molecule has 2 heterocycles.